The van der Waals surface area contributed by atoms with Crippen molar-refractivity contribution in [2.45, 2.75) is 26.7 Å². The first-order chi connectivity index (χ1) is 12.0. The Morgan fingerprint density at radius 1 is 1.19 bits per heavy atom. The summed E-state index contributed by atoms with van der Waals surface area (Å²) in [5.74, 6) is 0.162. The molecule has 1 amide bonds. The molecule has 0 aliphatic heterocycles. The van der Waals surface area contributed by atoms with E-state index in [9.17, 15) is 4.79 Å². The predicted molar refractivity (Wildman–Crippen MR) is 121 cm³/mol. The number of carbonyl (C=O) groups is 1. The Balaban J connectivity index is 0.00000338. The van der Waals surface area contributed by atoms with Crippen molar-refractivity contribution in [1.82, 2.24) is 0 Å². The van der Waals surface area contributed by atoms with E-state index in [1.54, 1.807) is 12.1 Å². The number of hydrogen-bond acceptors (Lipinski definition) is 2. The van der Waals surface area contributed by atoms with Crippen molar-refractivity contribution < 1.29 is 4.79 Å². The summed E-state index contributed by atoms with van der Waals surface area (Å²) in [5, 5.41) is 6.49. The Morgan fingerprint density at radius 2 is 1.92 bits per heavy atom. The molecule has 5 nitrogen and oxygen atoms in total. The van der Waals surface area contributed by atoms with Gasteiger partial charge in [0.1, 0.15) is 0 Å². The number of rotatable bonds is 6. The van der Waals surface area contributed by atoms with E-state index in [2.05, 4.69) is 28.6 Å². The van der Waals surface area contributed by atoms with Crippen molar-refractivity contribution in [2.24, 2.45) is 10.7 Å². The lowest BCUT2D eigenvalue weighted by molar-refractivity contribution is -0.116. The molecule has 0 saturated carbocycles. The SMILES string of the molecule is CCc1cccc(NC(N)=NCCC(=O)Nc2cccc(Cl)c2C)c1.I. The number of amides is 1. The molecular weight excluding hydrogens is 463 g/mol. The number of carbonyl (C=O) groups excluding carboxylic acids is 1. The summed E-state index contributed by atoms with van der Waals surface area (Å²) in [5.41, 5.74) is 9.53. The van der Waals surface area contributed by atoms with Gasteiger partial charge in [-0.25, -0.2) is 0 Å². The number of guanidine groups is 1. The predicted octanol–water partition coefficient (Wildman–Crippen LogP) is 4.58. The van der Waals surface area contributed by atoms with Crippen LogP contribution in [0.15, 0.2) is 47.5 Å². The lowest BCUT2D eigenvalue weighted by Gasteiger charge is -2.09. The van der Waals surface area contributed by atoms with Crippen LogP contribution in [0.4, 0.5) is 11.4 Å². The second kappa shape index (κ2) is 11.0. The zero-order chi connectivity index (χ0) is 18.2. The maximum absolute atomic E-state index is 12.0. The molecule has 140 valence electrons. The number of aryl methyl sites for hydroxylation is 1. The molecule has 4 N–H and O–H groups in total. The van der Waals surface area contributed by atoms with Gasteiger partial charge in [-0.15, -0.1) is 24.0 Å². The Labute approximate surface area is 176 Å². The fourth-order valence-electron chi connectivity index (χ4n) is 2.29. The number of nitrogens with one attached hydrogen (secondary N) is 2. The summed E-state index contributed by atoms with van der Waals surface area (Å²) in [7, 11) is 0. The van der Waals surface area contributed by atoms with Crippen LogP contribution < -0.4 is 16.4 Å². The second-order valence-corrected chi connectivity index (χ2v) is 6.06. The van der Waals surface area contributed by atoms with Gasteiger partial charge >= 0.3 is 0 Å². The monoisotopic (exact) mass is 486 g/mol. The first-order valence-electron chi connectivity index (χ1n) is 8.20. The van der Waals surface area contributed by atoms with Crippen molar-refractivity contribution in [2.75, 3.05) is 17.2 Å². The molecule has 2 rings (SSSR count). The first-order valence-corrected chi connectivity index (χ1v) is 8.58. The molecule has 26 heavy (non-hydrogen) atoms. The fraction of sp³-hybridized carbons (Fsp3) is 0.263. The van der Waals surface area contributed by atoms with Crippen LogP contribution in [0.1, 0.15) is 24.5 Å². The number of benzene rings is 2. The van der Waals surface area contributed by atoms with Crippen molar-refractivity contribution >= 4 is 58.8 Å². The maximum Gasteiger partial charge on any atom is 0.226 e. The van der Waals surface area contributed by atoms with E-state index in [-0.39, 0.29) is 36.3 Å². The summed E-state index contributed by atoms with van der Waals surface area (Å²) >= 11 is 6.04. The second-order valence-electron chi connectivity index (χ2n) is 5.66. The van der Waals surface area contributed by atoms with Gasteiger partial charge in [-0.05, 0) is 48.7 Å². The molecule has 2 aromatic rings. The highest BCUT2D eigenvalue weighted by Crippen LogP contribution is 2.22. The topological polar surface area (TPSA) is 79.5 Å². The van der Waals surface area contributed by atoms with Gasteiger partial charge < -0.3 is 16.4 Å². The van der Waals surface area contributed by atoms with Crippen LogP contribution in [-0.2, 0) is 11.2 Å². The van der Waals surface area contributed by atoms with E-state index >= 15 is 0 Å². The van der Waals surface area contributed by atoms with E-state index in [0.717, 1.165) is 17.7 Å². The molecule has 0 radical (unpaired) electrons. The molecule has 0 saturated heterocycles. The van der Waals surface area contributed by atoms with E-state index in [1.807, 2.05) is 31.2 Å². The maximum atomic E-state index is 12.0. The largest absolute Gasteiger partial charge is 0.370 e. The standard InChI is InChI=1S/C19H23ClN4O.HI/c1-3-14-6-4-7-15(12-14)23-19(21)22-11-10-18(25)24-17-9-5-8-16(20)13(17)2;/h4-9,12H,3,10-11H2,1-2H3,(H,24,25)(H3,21,22,23);1H. The van der Waals surface area contributed by atoms with Gasteiger partial charge in [0, 0.05) is 22.8 Å². The Morgan fingerprint density at radius 3 is 2.65 bits per heavy atom. The molecule has 0 aliphatic carbocycles. The molecular formula is C19H24ClIN4O. The van der Waals surface area contributed by atoms with E-state index < -0.39 is 0 Å². The highest BCUT2D eigenvalue weighted by Gasteiger charge is 2.06. The smallest absolute Gasteiger partial charge is 0.226 e. The minimum atomic E-state index is -0.130. The van der Waals surface area contributed by atoms with Crippen LogP contribution >= 0.6 is 35.6 Å². The molecule has 0 unspecified atom stereocenters. The molecule has 0 fully saturated rings. The fourth-order valence-corrected chi connectivity index (χ4v) is 2.46. The van der Waals surface area contributed by atoms with Gasteiger partial charge in [0.2, 0.25) is 5.91 Å². The number of halogens is 2. The zero-order valence-corrected chi connectivity index (χ0v) is 18.0. The number of anilines is 2. The Kier molecular flexibility index (Phi) is 9.43. The molecule has 0 aromatic heterocycles. The number of nitrogens with zero attached hydrogens (tertiary/aromatic N) is 1. The molecule has 2 aromatic carbocycles. The van der Waals surface area contributed by atoms with Crippen molar-refractivity contribution in [3.05, 3.63) is 58.6 Å². The summed E-state index contributed by atoms with van der Waals surface area (Å²) in [6.07, 6.45) is 1.19. The number of hydrogen-bond donors (Lipinski definition) is 3. The van der Waals surface area contributed by atoms with Crippen LogP contribution in [0.3, 0.4) is 0 Å². The van der Waals surface area contributed by atoms with Crippen molar-refractivity contribution in [3.63, 3.8) is 0 Å². The third-order valence-corrected chi connectivity index (χ3v) is 4.18. The lowest BCUT2D eigenvalue weighted by atomic mass is 10.1. The highest BCUT2D eigenvalue weighted by molar-refractivity contribution is 14.0. The van der Waals surface area contributed by atoms with Gasteiger partial charge in [-0.3, -0.25) is 9.79 Å². The van der Waals surface area contributed by atoms with Gasteiger partial charge in [0.25, 0.3) is 0 Å². The van der Waals surface area contributed by atoms with E-state index in [0.29, 0.717) is 23.2 Å². The quantitative estimate of drug-likeness (QED) is 0.318. The van der Waals surface area contributed by atoms with Gasteiger partial charge in [-0.1, -0.05) is 36.7 Å². The normalized spacial score (nSPS) is 10.8. The summed E-state index contributed by atoms with van der Waals surface area (Å²) in [6, 6.07) is 13.4. The Bertz CT molecular complexity index is 780. The number of nitrogens with two attached hydrogens (primary N) is 1. The van der Waals surface area contributed by atoms with Crippen molar-refractivity contribution in [1.29, 1.82) is 0 Å². The zero-order valence-electron chi connectivity index (χ0n) is 14.9. The highest BCUT2D eigenvalue weighted by atomic mass is 127. The van der Waals surface area contributed by atoms with Crippen LogP contribution in [0.25, 0.3) is 0 Å². The minimum absolute atomic E-state index is 0. The molecule has 0 heterocycles. The van der Waals surface area contributed by atoms with E-state index in [4.69, 9.17) is 17.3 Å². The van der Waals surface area contributed by atoms with Crippen LogP contribution in [0, 0.1) is 6.92 Å². The van der Waals surface area contributed by atoms with Crippen molar-refractivity contribution in [3.8, 4) is 0 Å². The Hall–Kier alpha value is -1.80. The average Bonchev–Trinajstić information content (AvgIpc) is 2.59. The summed E-state index contributed by atoms with van der Waals surface area (Å²) < 4.78 is 0. The molecule has 7 heteroatoms. The lowest BCUT2D eigenvalue weighted by Crippen LogP contribution is -2.23. The van der Waals surface area contributed by atoms with Crippen LogP contribution in [0.2, 0.25) is 5.02 Å². The third-order valence-electron chi connectivity index (χ3n) is 3.77. The summed E-state index contributed by atoms with van der Waals surface area (Å²) in [4.78, 5) is 16.2. The minimum Gasteiger partial charge on any atom is -0.370 e. The third kappa shape index (κ3) is 6.84. The molecule has 0 atom stereocenters. The summed E-state index contributed by atoms with van der Waals surface area (Å²) in [6.45, 7) is 4.26. The number of aliphatic imine (C=N–C) groups is 1. The van der Waals surface area contributed by atoms with E-state index in [1.165, 1.54) is 5.56 Å². The molecule has 0 bridgehead atoms. The molecule has 0 spiro atoms. The molecule has 0 aliphatic rings. The van der Waals surface area contributed by atoms with Crippen LogP contribution in [-0.4, -0.2) is 18.4 Å². The van der Waals surface area contributed by atoms with Gasteiger partial charge in [0.05, 0.1) is 6.54 Å². The first kappa shape index (κ1) is 22.2. The average molecular weight is 487 g/mol. The van der Waals surface area contributed by atoms with Gasteiger partial charge in [0.15, 0.2) is 5.96 Å². The van der Waals surface area contributed by atoms with Gasteiger partial charge in [-0.2, -0.15) is 0 Å². The van der Waals surface area contributed by atoms with Crippen LogP contribution in [0.5, 0.6) is 0 Å².